The van der Waals surface area contributed by atoms with Crippen LogP contribution in [0.2, 0.25) is 53.6 Å². The van der Waals surface area contributed by atoms with E-state index in [0.29, 0.717) is 19.0 Å². The Bertz CT molecular complexity index is 228. The molecule has 0 amide bonds. The van der Waals surface area contributed by atoms with E-state index in [1.165, 1.54) is 173 Å². The lowest BCUT2D eigenvalue weighted by molar-refractivity contribution is 0.585. The standard InChI is InChI=1S/C10H24Si.C7H20Si2.C4H16Si3.C2H12Si3/c1-2-3-4-5-6-7-8-9-10-11;8-6-4-2-1-3-5-7-9;5-1-3-7-4-2-6;3-1-5-2-4/h2-10H2,1,11H3;1-7H2,8-9H3;1-4,7H2,5-6H3;1-2,5H2,3-4H3. The third kappa shape index (κ3) is 63.5. The van der Waals surface area contributed by atoms with E-state index in [1.807, 2.05) is 0 Å². The van der Waals surface area contributed by atoms with Crippen molar-refractivity contribution >= 4 is 90.7 Å². The molecule has 0 saturated heterocycles. The van der Waals surface area contributed by atoms with E-state index in [0.717, 1.165) is 0 Å². The molecule has 0 bridgehead atoms. The molecule has 0 aliphatic heterocycles. The summed E-state index contributed by atoms with van der Waals surface area (Å²) in [6.45, 7) is 2.28. The summed E-state index contributed by atoms with van der Waals surface area (Å²) in [4.78, 5) is 0. The van der Waals surface area contributed by atoms with Crippen molar-refractivity contribution < 1.29 is 0 Å². The molecule has 0 aliphatic carbocycles. The molecule has 0 saturated carbocycles. The summed E-state index contributed by atoms with van der Waals surface area (Å²) >= 11 is 0. The summed E-state index contributed by atoms with van der Waals surface area (Å²) in [5.74, 6) is 0. The highest BCUT2D eigenvalue weighted by molar-refractivity contribution is 6.54. The van der Waals surface area contributed by atoms with Crippen LogP contribution in [0, 0.1) is 0 Å². The van der Waals surface area contributed by atoms with Gasteiger partial charge in [0.2, 0.25) is 0 Å². The second-order valence-electron chi connectivity index (χ2n) is 9.66. The molecule has 9 heteroatoms. The van der Waals surface area contributed by atoms with Gasteiger partial charge in [-0.3, -0.25) is 0 Å². The number of hydrogen-bond acceptors (Lipinski definition) is 0. The molecule has 0 aromatic carbocycles. The molecule has 200 valence electrons. The number of rotatable bonds is 20. The molecule has 0 spiro atoms. The van der Waals surface area contributed by atoms with E-state index < -0.39 is 0 Å². The molecule has 0 fully saturated rings. The first-order chi connectivity index (χ1) is 15.7. The second kappa shape index (κ2) is 50.0. The highest BCUT2D eigenvalue weighted by atomic mass is 28.3. The summed E-state index contributed by atoms with van der Waals surface area (Å²) in [7, 11) is 11.1. The molecule has 32 heavy (non-hydrogen) atoms. The average Bonchev–Trinajstić information content (AvgIpc) is 2.81. The minimum atomic E-state index is 0.481. The molecule has 0 radical (unpaired) electrons. The Balaban J connectivity index is -0.000000170. The monoisotopic (exact) mass is 600 g/mol. The lowest BCUT2D eigenvalue weighted by Gasteiger charge is -1.98. The summed E-state index contributed by atoms with van der Waals surface area (Å²) in [5.41, 5.74) is 3.31. The highest BCUT2D eigenvalue weighted by Crippen LogP contribution is 2.08. The van der Waals surface area contributed by atoms with Crippen molar-refractivity contribution in [3.05, 3.63) is 0 Å². The lowest BCUT2D eigenvalue weighted by Crippen LogP contribution is -1.86. The maximum atomic E-state index is 2.28. The van der Waals surface area contributed by atoms with Crippen LogP contribution in [0.1, 0.15) is 90.4 Å². The second-order valence-corrected chi connectivity index (χ2v) is 25.5. The molecular formula is C23H72Si9. The Morgan fingerprint density at radius 1 is 0.375 bits per heavy atom. The van der Waals surface area contributed by atoms with Gasteiger partial charge < -0.3 is 0 Å². The fourth-order valence-electron chi connectivity index (χ4n) is 3.44. The SMILES string of the molecule is CCCCCCCCCC[SiH3].[SiH3]CCCCCCC[SiH3].[SiH3]CC[SiH2]CC[SiH3].[SiH3]C[SiH2]C[SiH3]. The van der Waals surface area contributed by atoms with Crippen LogP contribution in [-0.2, 0) is 0 Å². The van der Waals surface area contributed by atoms with E-state index in [-0.39, 0.29) is 0 Å². The first kappa shape index (κ1) is 41.1. The van der Waals surface area contributed by atoms with Crippen LogP contribution < -0.4 is 0 Å². The van der Waals surface area contributed by atoms with Gasteiger partial charge in [-0.2, -0.15) is 0 Å². The average molecular weight is 602 g/mol. The van der Waals surface area contributed by atoms with E-state index >= 15 is 0 Å². The topological polar surface area (TPSA) is 0 Å². The van der Waals surface area contributed by atoms with Gasteiger partial charge in [0.15, 0.2) is 0 Å². The third-order valence-electron chi connectivity index (χ3n) is 5.83. The van der Waals surface area contributed by atoms with Crippen molar-refractivity contribution in [2.75, 3.05) is 0 Å². The normalized spacial score (nSPS) is 11.2. The molecule has 0 aromatic rings. The van der Waals surface area contributed by atoms with Crippen molar-refractivity contribution in [2.24, 2.45) is 0 Å². The highest BCUT2D eigenvalue weighted by Gasteiger charge is 1.89. The van der Waals surface area contributed by atoms with Crippen LogP contribution in [0.25, 0.3) is 0 Å². The number of unbranched alkanes of at least 4 members (excludes halogenated alkanes) is 11. The maximum absolute atomic E-state index is 2.28. The van der Waals surface area contributed by atoms with Crippen molar-refractivity contribution in [2.45, 2.75) is 144 Å². The van der Waals surface area contributed by atoms with Crippen LogP contribution in [0.5, 0.6) is 0 Å². The summed E-state index contributed by atoms with van der Waals surface area (Å²) < 4.78 is 0. The smallest absolute Gasteiger partial charge is 0.0191 e. The summed E-state index contributed by atoms with van der Waals surface area (Å²) in [6.07, 6.45) is 19.3. The van der Waals surface area contributed by atoms with Crippen molar-refractivity contribution in [3.63, 3.8) is 0 Å². The largest absolute Gasteiger partial charge is 0.0752 e. The van der Waals surface area contributed by atoms with Gasteiger partial charge in [-0.25, -0.2) is 0 Å². The molecule has 0 heterocycles. The van der Waals surface area contributed by atoms with Crippen molar-refractivity contribution in [1.29, 1.82) is 0 Å². The molecule has 0 unspecified atom stereocenters. The molecule has 0 atom stereocenters. The predicted molar refractivity (Wildman–Crippen MR) is 196 cm³/mol. The van der Waals surface area contributed by atoms with Crippen molar-refractivity contribution in [3.8, 4) is 0 Å². The van der Waals surface area contributed by atoms with Crippen molar-refractivity contribution in [1.82, 2.24) is 0 Å². The fourth-order valence-corrected chi connectivity index (χ4v) is 18.5. The molecule has 0 aromatic heterocycles. The zero-order valence-electron chi connectivity index (χ0n) is 25.0. The first-order valence-corrected chi connectivity index (χ1v) is 29.6. The quantitative estimate of drug-likeness (QED) is 0.132. The summed E-state index contributed by atoms with van der Waals surface area (Å²) in [6, 6.07) is 11.0. The van der Waals surface area contributed by atoms with Crippen LogP contribution in [0.4, 0.5) is 0 Å². The van der Waals surface area contributed by atoms with Gasteiger partial charge in [0.25, 0.3) is 0 Å². The van der Waals surface area contributed by atoms with Gasteiger partial charge >= 0.3 is 0 Å². The Morgan fingerprint density at radius 3 is 0.906 bits per heavy atom. The van der Waals surface area contributed by atoms with E-state index in [1.54, 1.807) is 35.5 Å². The Labute approximate surface area is 233 Å². The Hall–Kier alpha value is 1.95. The summed E-state index contributed by atoms with van der Waals surface area (Å²) in [5, 5.41) is 0. The fraction of sp³-hybridized carbons (Fsp3) is 1.00. The Kier molecular flexibility index (Phi) is 64.1. The first-order valence-electron chi connectivity index (χ1n) is 15.7. The number of hydrogen-bond donors (Lipinski definition) is 0. The van der Waals surface area contributed by atoms with Gasteiger partial charge in [-0.15, -0.1) is 0 Å². The van der Waals surface area contributed by atoms with Gasteiger partial charge in [-0.1, -0.05) is 144 Å². The molecule has 0 rings (SSSR count). The Morgan fingerprint density at radius 2 is 0.688 bits per heavy atom. The zero-order chi connectivity index (χ0) is 25.0. The van der Waals surface area contributed by atoms with E-state index in [2.05, 4.69) is 6.92 Å². The van der Waals surface area contributed by atoms with Crippen LogP contribution in [0.3, 0.4) is 0 Å². The molecule has 0 N–H and O–H groups in total. The van der Waals surface area contributed by atoms with Crippen LogP contribution in [0.15, 0.2) is 0 Å². The van der Waals surface area contributed by atoms with Crippen LogP contribution in [-0.4, -0.2) is 90.7 Å². The van der Waals surface area contributed by atoms with E-state index in [4.69, 9.17) is 0 Å². The molecule has 0 aliphatic rings. The molecule has 0 nitrogen and oxygen atoms in total. The minimum absolute atomic E-state index is 0.481. The van der Waals surface area contributed by atoms with Gasteiger partial charge in [0.1, 0.15) is 0 Å². The predicted octanol–water partition coefficient (Wildman–Crippen LogP) is -0.388. The third-order valence-corrected chi connectivity index (χ3v) is 20.3. The zero-order valence-corrected chi connectivity index (χ0v) is 41.8. The lowest BCUT2D eigenvalue weighted by atomic mass is 10.1. The van der Waals surface area contributed by atoms with Gasteiger partial charge in [0.05, 0.1) is 0 Å². The van der Waals surface area contributed by atoms with Gasteiger partial charge in [-0.05, 0) is 20.5 Å². The molecular weight excluding hydrogens is 529 g/mol. The van der Waals surface area contributed by atoms with Gasteiger partial charge in [0, 0.05) is 70.3 Å². The van der Waals surface area contributed by atoms with E-state index in [9.17, 15) is 0 Å². The maximum Gasteiger partial charge on any atom is 0.0191 e. The van der Waals surface area contributed by atoms with Crippen LogP contribution >= 0.6 is 0 Å². The minimum Gasteiger partial charge on any atom is -0.0752 e.